The third kappa shape index (κ3) is 7.54. The van der Waals surface area contributed by atoms with Gasteiger partial charge in [0.1, 0.15) is 23.4 Å². The standard InChI is InChI=1S/C46H59BO5Si/c1-9-40(41(35-25-15-10-16-26-35)52-53(7,8)44(2,3)4)47-50-42(45(48-5,36-27-17-11-18-28-36)37-29-19-12-20-30-37)43(51-47)46(49-6,38-31-21-13-22-32-38)39-33-23-14-24-34-39/h9,11-14,17-24,27-35,40-43H,1,10,15-16,25-26H2,2-8H3/t40-,41+,42-,43-/m1/s1. The molecule has 5 nitrogen and oxygen atoms in total. The summed E-state index contributed by atoms with van der Waals surface area (Å²) in [6.07, 6.45) is 6.47. The first kappa shape index (κ1) is 39.4. The molecular weight excluding hydrogens is 671 g/mol. The number of ether oxygens (including phenoxy) is 2. The molecule has 4 aromatic rings. The second-order valence-corrected chi connectivity index (χ2v) is 21.1. The predicted molar refractivity (Wildman–Crippen MR) is 219 cm³/mol. The minimum absolute atomic E-state index is 0.0335. The predicted octanol–water partition coefficient (Wildman–Crippen LogP) is 11.0. The lowest BCUT2D eigenvalue weighted by molar-refractivity contribution is -0.136. The van der Waals surface area contributed by atoms with E-state index in [1.165, 1.54) is 19.3 Å². The van der Waals surface area contributed by atoms with Gasteiger partial charge in [-0.25, -0.2) is 0 Å². The molecule has 0 spiro atoms. The van der Waals surface area contributed by atoms with Crippen LogP contribution in [0.15, 0.2) is 134 Å². The van der Waals surface area contributed by atoms with Gasteiger partial charge >= 0.3 is 7.12 Å². The average Bonchev–Trinajstić information content (AvgIpc) is 3.63. The Balaban J connectivity index is 1.59. The quantitative estimate of drug-likeness (QED) is 0.0955. The highest BCUT2D eigenvalue weighted by atomic mass is 28.4. The van der Waals surface area contributed by atoms with Crippen molar-refractivity contribution in [2.75, 3.05) is 14.2 Å². The van der Waals surface area contributed by atoms with Gasteiger partial charge in [0.15, 0.2) is 8.32 Å². The van der Waals surface area contributed by atoms with E-state index in [1.54, 1.807) is 14.2 Å². The van der Waals surface area contributed by atoms with Crippen LogP contribution in [-0.2, 0) is 34.4 Å². The highest BCUT2D eigenvalue weighted by molar-refractivity contribution is 6.74. The van der Waals surface area contributed by atoms with Gasteiger partial charge in [0.05, 0.1) is 6.10 Å². The Morgan fingerprint density at radius 3 is 1.30 bits per heavy atom. The normalized spacial score (nSPS) is 20.2. The van der Waals surface area contributed by atoms with Crippen molar-refractivity contribution in [3.8, 4) is 0 Å². The van der Waals surface area contributed by atoms with Gasteiger partial charge in [-0.15, -0.1) is 6.58 Å². The van der Waals surface area contributed by atoms with Gasteiger partial charge in [0.2, 0.25) is 0 Å². The molecule has 1 heterocycles. The van der Waals surface area contributed by atoms with E-state index in [2.05, 4.69) is 138 Å². The fourth-order valence-corrected chi connectivity index (χ4v) is 9.95. The Morgan fingerprint density at radius 2 is 1.00 bits per heavy atom. The summed E-state index contributed by atoms with van der Waals surface area (Å²) in [6, 6.07) is 41.6. The van der Waals surface area contributed by atoms with Crippen LogP contribution < -0.4 is 0 Å². The Kier molecular flexibility index (Phi) is 12.3. The number of hydrogen-bond donors (Lipinski definition) is 0. The summed E-state index contributed by atoms with van der Waals surface area (Å²) in [5, 5.41) is 0.0335. The summed E-state index contributed by atoms with van der Waals surface area (Å²) >= 11 is 0. The summed E-state index contributed by atoms with van der Waals surface area (Å²) in [5.41, 5.74) is 1.71. The molecular formula is C46H59BO5Si. The Bertz CT molecular complexity index is 1550. The van der Waals surface area contributed by atoms with Gasteiger partial charge in [0.25, 0.3) is 0 Å². The third-order valence-electron chi connectivity index (χ3n) is 12.4. The molecule has 6 rings (SSSR count). The smallest absolute Gasteiger partial charge is 0.414 e. The minimum Gasteiger partial charge on any atom is -0.414 e. The maximum absolute atomic E-state index is 7.55. The molecule has 0 amide bonds. The summed E-state index contributed by atoms with van der Waals surface area (Å²) in [7, 11) is 0.649. The summed E-state index contributed by atoms with van der Waals surface area (Å²) in [6.45, 7) is 16.1. The van der Waals surface area contributed by atoms with Crippen LogP contribution in [0.25, 0.3) is 0 Å². The summed E-state index contributed by atoms with van der Waals surface area (Å²) in [5.74, 6) is 0.123. The van der Waals surface area contributed by atoms with Crippen LogP contribution in [-0.4, -0.2) is 48.0 Å². The first-order valence-electron chi connectivity index (χ1n) is 19.5. The van der Waals surface area contributed by atoms with E-state index in [9.17, 15) is 0 Å². The molecule has 0 N–H and O–H groups in total. The number of hydrogen-bond acceptors (Lipinski definition) is 5. The van der Waals surface area contributed by atoms with Crippen LogP contribution >= 0.6 is 0 Å². The van der Waals surface area contributed by atoms with E-state index in [-0.39, 0.29) is 17.0 Å². The second-order valence-electron chi connectivity index (χ2n) is 16.4. The molecule has 1 saturated carbocycles. The molecule has 4 atom stereocenters. The maximum atomic E-state index is 7.55. The molecule has 0 aromatic heterocycles. The van der Waals surface area contributed by atoms with E-state index in [4.69, 9.17) is 23.2 Å². The van der Waals surface area contributed by atoms with E-state index >= 15 is 0 Å². The second kappa shape index (κ2) is 16.6. The fourth-order valence-electron chi connectivity index (χ4n) is 8.57. The zero-order valence-corrected chi connectivity index (χ0v) is 33.9. The van der Waals surface area contributed by atoms with Crippen molar-refractivity contribution < 1.29 is 23.2 Å². The molecule has 280 valence electrons. The van der Waals surface area contributed by atoms with E-state index in [0.29, 0.717) is 5.92 Å². The molecule has 1 aliphatic carbocycles. The van der Waals surface area contributed by atoms with Crippen molar-refractivity contribution in [1.82, 2.24) is 0 Å². The average molecular weight is 731 g/mol. The SMILES string of the molecule is C=C[C@@H](B1O[C@@H](C(OC)(c2ccccc2)c2ccccc2)[C@H](C(OC)(c2ccccc2)c2ccccc2)O1)[C@@H](O[Si](C)(C)C(C)(C)C)C1CCCCC1. The molecule has 53 heavy (non-hydrogen) atoms. The number of rotatable bonds is 14. The van der Waals surface area contributed by atoms with Gasteiger partial charge in [-0.2, -0.15) is 0 Å². The van der Waals surface area contributed by atoms with Gasteiger partial charge < -0.3 is 23.2 Å². The number of benzene rings is 4. The Morgan fingerprint density at radius 1 is 0.642 bits per heavy atom. The Labute approximate surface area is 320 Å². The van der Waals surface area contributed by atoms with Gasteiger partial charge in [-0.1, -0.05) is 167 Å². The third-order valence-corrected chi connectivity index (χ3v) is 16.9. The fraction of sp³-hybridized carbons (Fsp3) is 0.435. The zero-order valence-electron chi connectivity index (χ0n) is 32.9. The van der Waals surface area contributed by atoms with Crippen LogP contribution in [0.4, 0.5) is 0 Å². The van der Waals surface area contributed by atoms with Crippen molar-refractivity contribution in [2.45, 2.75) is 106 Å². The maximum Gasteiger partial charge on any atom is 0.467 e. The minimum atomic E-state index is -2.22. The topological polar surface area (TPSA) is 46.2 Å². The van der Waals surface area contributed by atoms with Crippen LogP contribution in [0, 0.1) is 5.92 Å². The largest absolute Gasteiger partial charge is 0.467 e. The van der Waals surface area contributed by atoms with Crippen LogP contribution in [0.1, 0.15) is 75.1 Å². The lowest BCUT2D eigenvalue weighted by Gasteiger charge is -2.47. The summed E-state index contributed by atoms with van der Waals surface area (Å²) in [4.78, 5) is 0. The zero-order chi connectivity index (χ0) is 37.7. The highest BCUT2D eigenvalue weighted by Crippen LogP contribution is 2.53. The van der Waals surface area contributed by atoms with Crippen molar-refractivity contribution in [3.05, 3.63) is 156 Å². The molecule has 0 bridgehead atoms. The molecule has 0 radical (unpaired) electrons. The molecule has 2 aliphatic rings. The molecule has 1 saturated heterocycles. The van der Waals surface area contributed by atoms with Gasteiger partial charge in [-0.05, 0) is 59.1 Å². The van der Waals surface area contributed by atoms with E-state index < -0.39 is 38.8 Å². The van der Waals surface area contributed by atoms with Gasteiger partial charge in [-0.3, -0.25) is 0 Å². The van der Waals surface area contributed by atoms with Crippen LogP contribution in [0.3, 0.4) is 0 Å². The van der Waals surface area contributed by atoms with Crippen LogP contribution in [0.2, 0.25) is 23.9 Å². The molecule has 2 fully saturated rings. The highest BCUT2D eigenvalue weighted by Gasteiger charge is 2.63. The van der Waals surface area contributed by atoms with Gasteiger partial charge in [0, 0.05) is 20.0 Å². The Hall–Kier alpha value is -3.30. The molecule has 1 aliphatic heterocycles. The first-order chi connectivity index (χ1) is 25.5. The van der Waals surface area contributed by atoms with Crippen molar-refractivity contribution >= 4 is 15.4 Å². The number of methoxy groups -OCH3 is 2. The molecule has 4 aromatic carbocycles. The monoisotopic (exact) mass is 730 g/mol. The van der Waals surface area contributed by atoms with Crippen molar-refractivity contribution in [1.29, 1.82) is 0 Å². The van der Waals surface area contributed by atoms with Crippen molar-refractivity contribution in [2.24, 2.45) is 5.92 Å². The van der Waals surface area contributed by atoms with Crippen LogP contribution in [0.5, 0.6) is 0 Å². The lowest BCUT2D eigenvalue weighted by Crippen LogP contribution is -2.56. The van der Waals surface area contributed by atoms with E-state index in [1.807, 2.05) is 30.3 Å². The molecule has 7 heteroatoms. The van der Waals surface area contributed by atoms with Crippen molar-refractivity contribution in [3.63, 3.8) is 0 Å². The van der Waals surface area contributed by atoms with E-state index in [0.717, 1.165) is 35.1 Å². The summed E-state index contributed by atoms with van der Waals surface area (Å²) < 4.78 is 36.4. The first-order valence-corrected chi connectivity index (χ1v) is 22.4. The molecule has 0 unspecified atom stereocenters. The lowest BCUT2D eigenvalue weighted by atomic mass is 9.64.